The third-order valence-corrected chi connectivity index (χ3v) is 4.26. The first-order valence-corrected chi connectivity index (χ1v) is 7.99. The van der Waals surface area contributed by atoms with Gasteiger partial charge in [-0.1, -0.05) is 12.1 Å². The number of piperidine rings is 1. The first-order valence-electron chi connectivity index (χ1n) is 7.99. The molecule has 8 heteroatoms. The van der Waals surface area contributed by atoms with Gasteiger partial charge in [-0.25, -0.2) is 4.98 Å². The fourth-order valence-corrected chi connectivity index (χ4v) is 3.11. The molecule has 0 bridgehead atoms. The monoisotopic (exact) mass is 313 g/mol. The van der Waals surface area contributed by atoms with Gasteiger partial charge in [0.25, 0.3) is 5.78 Å². The predicted octanol–water partition coefficient (Wildman–Crippen LogP) is 1.76. The van der Waals surface area contributed by atoms with E-state index in [1.807, 2.05) is 13.8 Å². The maximum absolute atomic E-state index is 5.27. The Morgan fingerprint density at radius 1 is 1.35 bits per heavy atom. The normalized spacial score (nSPS) is 18.7. The topological polar surface area (TPSA) is 85.2 Å². The van der Waals surface area contributed by atoms with E-state index in [2.05, 4.69) is 36.2 Å². The number of aromatic nitrogens is 6. The van der Waals surface area contributed by atoms with Crippen LogP contribution in [0.15, 0.2) is 16.9 Å². The van der Waals surface area contributed by atoms with Crippen molar-refractivity contribution in [3.05, 3.63) is 29.8 Å². The first-order chi connectivity index (χ1) is 11.2. The van der Waals surface area contributed by atoms with Crippen molar-refractivity contribution in [2.75, 3.05) is 18.0 Å². The Labute approximate surface area is 133 Å². The van der Waals surface area contributed by atoms with E-state index in [9.17, 15) is 0 Å². The summed E-state index contributed by atoms with van der Waals surface area (Å²) in [6.07, 6.45) is 4.47. The van der Waals surface area contributed by atoms with E-state index >= 15 is 0 Å². The maximum atomic E-state index is 5.27. The van der Waals surface area contributed by atoms with Crippen molar-refractivity contribution in [3.8, 4) is 0 Å². The van der Waals surface area contributed by atoms with E-state index in [1.165, 1.54) is 0 Å². The number of aryl methyl sites for hydroxylation is 2. The van der Waals surface area contributed by atoms with Crippen molar-refractivity contribution < 1.29 is 4.52 Å². The van der Waals surface area contributed by atoms with E-state index in [1.54, 1.807) is 10.8 Å². The number of rotatable bonds is 3. The average Bonchev–Trinajstić information content (AvgIpc) is 3.23. The molecule has 1 fully saturated rings. The van der Waals surface area contributed by atoms with Gasteiger partial charge in [-0.3, -0.25) is 0 Å². The second-order valence-electron chi connectivity index (χ2n) is 5.91. The van der Waals surface area contributed by atoms with Crippen LogP contribution in [0.1, 0.15) is 43.1 Å². The standard InChI is InChI=1S/C15H19N7O/c1-3-12-19-14(20-23-12)11-5-4-6-21(8-11)13-7-10(2)18-15-16-9-17-22(13)15/h7,9,11H,3-6,8H2,1-2H3/t11-/m1/s1. The highest BCUT2D eigenvalue weighted by atomic mass is 16.5. The molecule has 3 aromatic heterocycles. The Morgan fingerprint density at radius 2 is 2.26 bits per heavy atom. The molecule has 4 heterocycles. The summed E-state index contributed by atoms with van der Waals surface area (Å²) in [5.74, 6) is 3.45. The molecule has 0 aromatic carbocycles. The van der Waals surface area contributed by atoms with Crippen LogP contribution in [0.3, 0.4) is 0 Å². The third kappa shape index (κ3) is 2.54. The van der Waals surface area contributed by atoms with Gasteiger partial charge in [-0.05, 0) is 19.8 Å². The molecule has 0 spiro atoms. The lowest BCUT2D eigenvalue weighted by atomic mass is 9.97. The molecule has 0 saturated carbocycles. The van der Waals surface area contributed by atoms with Gasteiger partial charge in [0, 0.05) is 37.2 Å². The van der Waals surface area contributed by atoms with Gasteiger partial charge in [0.05, 0.1) is 0 Å². The molecule has 1 saturated heterocycles. The Balaban J connectivity index is 1.64. The van der Waals surface area contributed by atoms with Crippen LogP contribution in [0, 0.1) is 6.92 Å². The van der Waals surface area contributed by atoms with Crippen LogP contribution < -0.4 is 4.90 Å². The van der Waals surface area contributed by atoms with Crippen molar-refractivity contribution >= 4 is 11.6 Å². The van der Waals surface area contributed by atoms with Crippen molar-refractivity contribution in [1.82, 2.24) is 29.7 Å². The summed E-state index contributed by atoms with van der Waals surface area (Å²) in [4.78, 5) is 15.4. The molecule has 0 aliphatic carbocycles. The molecule has 1 aliphatic rings. The zero-order chi connectivity index (χ0) is 15.8. The van der Waals surface area contributed by atoms with E-state index in [4.69, 9.17) is 4.52 Å². The average molecular weight is 313 g/mol. The van der Waals surface area contributed by atoms with Crippen molar-refractivity contribution in [1.29, 1.82) is 0 Å². The molecule has 120 valence electrons. The van der Waals surface area contributed by atoms with Crippen LogP contribution >= 0.6 is 0 Å². The summed E-state index contributed by atoms with van der Waals surface area (Å²) in [5.41, 5.74) is 0.940. The van der Waals surface area contributed by atoms with Gasteiger partial charge in [0.1, 0.15) is 12.1 Å². The lowest BCUT2D eigenvalue weighted by Gasteiger charge is -2.32. The highest BCUT2D eigenvalue weighted by molar-refractivity contribution is 5.47. The van der Waals surface area contributed by atoms with Crippen LogP contribution in [0.4, 0.5) is 5.82 Å². The molecule has 1 aliphatic heterocycles. The summed E-state index contributed by atoms with van der Waals surface area (Å²) in [5, 5.41) is 8.45. The fourth-order valence-electron chi connectivity index (χ4n) is 3.11. The molecule has 4 rings (SSSR count). The molecule has 8 nitrogen and oxygen atoms in total. The first kappa shape index (κ1) is 14.1. The lowest BCUT2D eigenvalue weighted by Crippen LogP contribution is -2.36. The summed E-state index contributed by atoms with van der Waals surface area (Å²) in [7, 11) is 0. The van der Waals surface area contributed by atoms with E-state index < -0.39 is 0 Å². The quantitative estimate of drug-likeness (QED) is 0.728. The number of hydrogen-bond donors (Lipinski definition) is 0. The minimum atomic E-state index is 0.278. The van der Waals surface area contributed by atoms with Gasteiger partial charge in [0.15, 0.2) is 5.82 Å². The van der Waals surface area contributed by atoms with Gasteiger partial charge in [-0.15, -0.1) is 0 Å². The van der Waals surface area contributed by atoms with Crippen LogP contribution in [0.2, 0.25) is 0 Å². The van der Waals surface area contributed by atoms with Crippen LogP contribution in [0.25, 0.3) is 5.78 Å². The summed E-state index contributed by atoms with van der Waals surface area (Å²) in [6, 6.07) is 2.05. The van der Waals surface area contributed by atoms with E-state index in [0.717, 1.165) is 49.7 Å². The molecule has 0 unspecified atom stereocenters. The largest absolute Gasteiger partial charge is 0.356 e. The van der Waals surface area contributed by atoms with Crippen molar-refractivity contribution in [2.45, 2.75) is 39.0 Å². The molecule has 23 heavy (non-hydrogen) atoms. The number of nitrogens with zero attached hydrogens (tertiary/aromatic N) is 7. The zero-order valence-corrected chi connectivity index (χ0v) is 13.3. The Morgan fingerprint density at radius 3 is 3.09 bits per heavy atom. The van der Waals surface area contributed by atoms with E-state index in [0.29, 0.717) is 11.7 Å². The van der Waals surface area contributed by atoms with Crippen LogP contribution in [-0.4, -0.2) is 42.8 Å². The molecule has 0 radical (unpaired) electrons. The van der Waals surface area contributed by atoms with Gasteiger partial charge in [0.2, 0.25) is 5.89 Å². The summed E-state index contributed by atoms with van der Waals surface area (Å²) in [6.45, 7) is 5.83. The number of anilines is 1. The SMILES string of the molecule is CCc1nc([C@@H]2CCCN(c3cc(C)nc4ncnn34)C2)no1. The van der Waals surface area contributed by atoms with Crippen LogP contribution in [-0.2, 0) is 6.42 Å². The number of hydrogen-bond acceptors (Lipinski definition) is 7. The second kappa shape index (κ2) is 5.60. The zero-order valence-electron chi connectivity index (χ0n) is 13.3. The Hall–Kier alpha value is -2.51. The fraction of sp³-hybridized carbons (Fsp3) is 0.533. The summed E-state index contributed by atoms with van der Waals surface area (Å²) < 4.78 is 7.06. The maximum Gasteiger partial charge on any atom is 0.254 e. The molecular formula is C15H19N7O. The molecule has 0 amide bonds. The van der Waals surface area contributed by atoms with Gasteiger partial charge < -0.3 is 9.42 Å². The van der Waals surface area contributed by atoms with Gasteiger partial charge >= 0.3 is 0 Å². The van der Waals surface area contributed by atoms with Crippen molar-refractivity contribution in [3.63, 3.8) is 0 Å². The van der Waals surface area contributed by atoms with Gasteiger partial charge in [-0.2, -0.15) is 19.6 Å². The molecule has 3 aromatic rings. The second-order valence-corrected chi connectivity index (χ2v) is 5.91. The minimum Gasteiger partial charge on any atom is -0.356 e. The smallest absolute Gasteiger partial charge is 0.254 e. The minimum absolute atomic E-state index is 0.278. The molecular weight excluding hydrogens is 294 g/mol. The predicted molar refractivity (Wildman–Crippen MR) is 83.4 cm³/mol. The van der Waals surface area contributed by atoms with E-state index in [-0.39, 0.29) is 5.92 Å². The third-order valence-electron chi connectivity index (χ3n) is 4.26. The lowest BCUT2D eigenvalue weighted by molar-refractivity contribution is 0.367. The highest BCUT2D eigenvalue weighted by Crippen LogP contribution is 2.28. The molecule has 0 N–H and O–H groups in total. The summed E-state index contributed by atoms with van der Waals surface area (Å²) >= 11 is 0. The Bertz CT molecular complexity index is 824. The molecule has 1 atom stereocenters. The highest BCUT2D eigenvalue weighted by Gasteiger charge is 2.27. The Kier molecular flexibility index (Phi) is 3.44. The van der Waals surface area contributed by atoms with Crippen molar-refractivity contribution in [2.24, 2.45) is 0 Å². The van der Waals surface area contributed by atoms with Crippen LogP contribution in [0.5, 0.6) is 0 Å². The number of fused-ring (bicyclic) bond motifs is 1.